The molecular formula is C12H21NO. The molecule has 0 heterocycles. The van der Waals surface area contributed by atoms with E-state index in [1.54, 1.807) is 0 Å². The predicted octanol–water partition coefficient (Wildman–Crippen LogP) is 2.79. The molecule has 0 spiro atoms. The molecule has 1 aliphatic carbocycles. The zero-order chi connectivity index (χ0) is 10.4. The van der Waals surface area contributed by atoms with Gasteiger partial charge in [-0.2, -0.15) is 0 Å². The zero-order valence-electron chi connectivity index (χ0n) is 9.31. The van der Waals surface area contributed by atoms with Crippen molar-refractivity contribution in [3.8, 4) is 0 Å². The maximum absolute atomic E-state index is 11.6. The lowest BCUT2D eigenvalue weighted by atomic mass is 9.95. The Bertz CT molecular complexity index is 214. The maximum Gasteiger partial charge on any atom is 0.246 e. The molecule has 0 atom stereocenters. The van der Waals surface area contributed by atoms with E-state index in [0.717, 1.165) is 24.8 Å². The normalized spacial score (nSPS) is 19.4. The fourth-order valence-corrected chi connectivity index (χ4v) is 1.95. The van der Waals surface area contributed by atoms with Crippen molar-refractivity contribution in [1.82, 2.24) is 5.32 Å². The van der Waals surface area contributed by atoms with Crippen LogP contribution < -0.4 is 5.32 Å². The number of carbonyl (C=O) groups excluding carboxylic acids is 1. The van der Waals surface area contributed by atoms with Gasteiger partial charge in [-0.1, -0.05) is 32.3 Å². The second-order valence-corrected chi connectivity index (χ2v) is 4.10. The van der Waals surface area contributed by atoms with Gasteiger partial charge in [0.25, 0.3) is 0 Å². The summed E-state index contributed by atoms with van der Waals surface area (Å²) in [4.78, 5) is 11.6. The largest absolute Gasteiger partial charge is 0.350 e. The van der Waals surface area contributed by atoms with Crippen LogP contribution in [0.2, 0.25) is 0 Å². The minimum absolute atomic E-state index is 0.124. The van der Waals surface area contributed by atoms with Crippen LogP contribution in [0.25, 0.3) is 0 Å². The number of carbonyl (C=O) groups is 1. The molecule has 2 heteroatoms. The van der Waals surface area contributed by atoms with Gasteiger partial charge in [0.05, 0.1) is 0 Å². The third kappa shape index (κ3) is 3.52. The molecule has 0 saturated heterocycles. The molecule has 1 amide bonds. The lowest BCUT2D eigenvalue weighted by Gasteiger charge is -2.22. The molecule has 0 bridgehead atoms. The highest BCUT2D eigenvalue weighted by Gasteiger charge is 2.15. The molecule has 1 N–H and O–H groups in total. The van der Waals surface area contributed by atoms with E-state index in [2.05, 4.69) is 12.2 Å². The second-order valence-electron chi connectivity index (χ2n) is 4.10. The second kappa shape index (κ2) is 5.84. The summed E-state index contributed by atoms with van der Waals surface area (Å²) in [5, 5.41) is 3.10. The van der Waals surface area contributed by atoms with Crippen molar-refractivity contribution in [2.24, 2.45) is 0 Å². The van der Waals surface area contributed by atoms with E-state index in [4.69, 9.17) is 0 Å². The number of hydrogen-bond donors (Lipinski definition) is 1. The molecule has 0 radical (unpaired) electrons. The monoisotopic (exact) mass is 195 g/mol. The molecular weight excluding hydrogens is 174 g/mol. The first kappa shape index (κ1) is 11.3. The van der Waals surface area contributed by atoms with E-state index in [-0.39, 0.29) is 5.91 Å². The Hall–Kier alpha value is -0.790. The minimum atomic E-state index is 0.124. The average molecular weight is 195 g/mol. The van der Waals surface area contributed by atoms with Gasteiger partial charge >= 0.3 is 0 Å². The summed E-state index contributed by atoms with van der Waals surface area (Å²) < 4.78 is 0. The number of amides is 1. The molecule has 0 aliphatic heterocycles. The van der Waals surface area contributed by atoms with Crippen LogP contribution in [0.4, 0.5) is 0 Å². The first-order valence-corrected chi connectivity index (χ1v) is 5.71. The third-order valence-electron chi connectivity index (χ3n) is 2.81. The molecule has 0 unspecified atom stereocenters. The number of hydrogen-bond acceptors (Lipinski definition) is 1. The summed E-state index contributed by atoms with van der Waals surface area (Å²) in [5.74, 6) is 0.124. The van der Waals surface area contributed by atoms with Gasteiger partial charge < -0.3 is 5.32 Å². The molecule has 80 valence electrons. The quantitative estimate of drug-likeness (QED) is 0.689. The lowest BCUT2D eigenvalue weighted by Crippen LogP contribution is -2.36. The Morgan fingerprint density at radius 3 is 2.57 bits per heavy atom. The first-order valence-electron chi connectivity index (χ1n) is 5.71. The van der Waals surface area contributed by atoms with Gasteiger partial charge in [-0.25, -0.2) is 0 Å². The highest BCUT2D eigenvalue weighted by Crippen LogP contribution is 2.17. The van der Waals surface area contributed by atoms with Crippen LogP contribution in [-0.2, 0) is 4.79 Å². The summed E-state index contributed by atoms with van der Waals surface area (Å²) in [6.45, 7) is 3.94. The molecule has 1 aliphatic rings. The molecule has 1 fully saturated rings. The molecule has 1 saturated carbocycles. The van der Waals surface area contributed by atoms with Gasteiger partial charge in [-0.05, 0) is 26.2 Å². The van der Waals surface area contributed by atoms with Gasteiger partial charge in [0.2, 0.25) is 5.91 Å². The molecule has 1 rings (SSSR count). The van der Waals surface area contributed by atoms with Crippen molar-refractivity contribution in [2.45, 2.75) is 58.4 Å². The van der Waals surface area contributed by atoms with Crippen molar-refractivity contribution in [2.75, 3.05) is 0 Å². The molecule has 0 aromatic heterocycles. The Morgan fingerprint density at radius 1 is 1.36 bits per heavy atom. The maximum atomic E-state index is 11.6. The number of allylic oxidation sites excluding steroid dienone is 1. The summed E-state index contributed by atoms with van der Waals surface area (Å²) in [5.41, 5.74) is 0.859. The smallest absolute Gasteiger partial charge is 0.246 e. The molecule has 14 heavy (non-hydrogen) atoms. The van der Waals surface area contributed by atoms with Crippen LogP contribution in [0.1, 0.15) is 52.4 Å². The van der Waals surface area contributed by atoms with Crippen LogP contribution in [-0.4, -0.2) is 11.9 Å². The average Bonchev–Trinajstić information content (AvgIpc) is 2.19. The summed E-state index contributed by atoms with van der Waals surface area (Å²) in [6, 6.07) is 0.427. The zero-order valence-corrected chi connectivity index (χ0v) is 9.31. The molecule has 0 aromatic carbocycles. The standard InChI is InChI=1S/C12H21NO/c1-3-7-10(2)12(14)13-11-8-5-4-6-9-11/h7,11H,3-6,8-9H2,1-2H3,(H,13,14). The first-order chi connectivity index (χ1) is 6.74. The lowest BCUT2D eigenvalue weighted by molar-refractivity contribution is -0.118. The van der Waals surface area contributed by atoms with Gasteiger partial charge in [0.15, 0.2) is 0 Å². The highest BCUT2D eigenvalue weighted by atomic mass is 16.1. The van der Waals surface area contributed by atoms with E-state index in [1.165, 1.54) is 19.3 Å². The van der Waals surface area contributed by atoms with Crippen molar-refractivity contribution in [1.29, 1.82) is 0 Å². The van der Waals surface area contributed by atoms with Gasteiger partial charge in [0.1, 0.15) is 0 Å². The Morgan fingerprint density at radius 2 is 2.00 bits per heavy atom. The van der Waals surface area contributed by atoms with E-state index in [0.29, 0.717) is 6.04 Å². The summed E-state index contributed by atoms with van der Waals surface area (Å²) in [7, 11) is 0. The van der Waals surface area contributed by atoms with Crippen LogP contribution in [0.15, 0.2) is 11.6 Å². The van der Waals surface area contributed by atoms with E-state index >= 15 is 0 Å². The van der Waals surface area contributed by atoms with Crippen LogP contribution in [0.3, 0.4) is 0 Å². The summed E-state index contributed by atoms with van der Waals surface area (Å²) in [6.07, 6.45) is 9.09. The molecule has 0 aromatic rings. The minimum Gasteiger partial charge on any atom is -0.350 e. The van der Waals surface area contributed by atoms with Crippen molar-refractivity contribution < 1.29 is 4.79 Å². The van der Waals surface area contributed by atoms with Crippen molar-refractivity contribution in [3.05, 3.63) is 11.6 Å². The van der Waals surface area contributed by atoms with E-state index in [1.807, 2.05) is 13.0 Å². The Balaban J connectivity index is 2.35. The fourth-order valence-electron chi connectivity index (χ4n) is 1.95. The van der Waals surface area contributed by atoms with Crippen molar-refractivity contribution >= 4 is 5.91 Å². The topological polar surface area (TPSA) is 29.1 Å². The van der Waals surface area contributed by atoms with Crippen molar-refractivity contribution in [3.63, 3.8) is 0 Å². The molecule has 2 nitrogen and oxygen atoms in total. The Kier molecular flexibility index (Phi) is 4.71. The van der Waals surface area contributed by atoms with E-state index in [9.17, 15) is 4.79 Å². The summed E-state index contributed by atoms with van der Waals surface area (Å²) >= 11 is 0. The van der Waals surface area contributed by atoms with Gasteiger partial charge in [0, 0.05) is 11.6 Å². The van der Waals surface area contributed by atoms with Gasteiger partial charge in [-0.3, -0.25) is 4.79 Å². The van der Waals surface area contributed by atoms with Crippen LogP contribution >= 0.6 is 0 Å². The fraction of sp³-hybridized carbons (Fsp3) is 0.750. The number of rotatable bonds is 3. The highest BCUT2D eigenvalue weighted by molar-refractivity contribution is 5.92. The van der Waals surface area contributed by atoms with Crippen LogP contribution in [0, 0.1) is 0 Å². The number of nitrogens with one attached hydrogen (secondary N) is 1. The van der Waals surface area contributed by atoms with Gasteiger partial charge in [-0.15, -0.1) is 0 Å². The Labute approximate surface area is 86.8 Å². The van der Waals surface area contributed by atoms with Crippen LogP contribution in [0.5, 0.6) is 0 Å². The third-order valence-corrected chi connectivity index (χ3v) is 2.81. The predicted molar refractivity (Wildman–Crippen MR) is 59.1 cm³/mol. The van der Waals surface area contributed by atoms with E-state index < -0.39 is 0 Å². The SMILES string of the molecule is CCC=C(C)C(=O)NC1CCCCC1.